The normalized spacial score (nSPS) is 17.2. The average Bonchev–Trinajstić information content (AvgIpc) is 2.76. The minimum atomic E-state index is -3.66. The fourth-order valence-corrected chi connectivity index (χ4v) is 6.08. The second-order valence-electron chi connectivity index (χ2n) is 7.99. The smallest absolute Gasteiger partial charge is 0.224 e. The minimum absolute atomic E-state index is 0.147. The topological polar surface area (TPSA) is 75.7 Å². The summed E-state index contributed by atoms with van der Waals surface area (Å²) in [5.41, 5.74) is 2.60. The molecule has 1 aliphatic heterocycles. The predicted molar refractivity (Wildman–Crippen MR) is 128 cm³/mol. The van der Waals surface area contributed by atoms with Crippen molar-refractivity contribution < 1.29 is 17.9 Å². The summed E-state index contributed by atoms with van der Waals surface area (Å²) in [6.45, 7) is 5.24. The molecule has 1 fully saturated rings. The number of benzene rings is 2. The molecule has 0 aromatic heterocycles. The number of ether oxygens (including phenoxy) is 1. The van der Waals surface area contributed by atoms with Crippen LogP contribution in [-0.4, -0.2) is 44.9 Å². The Bertz CT molecular complexity index is 1060. The molecule has 1 atom stereocenters. The number of piperidine rings is 1. The van der Waals surface area contributed by atoms with E-state index in [0.717, 1.165) is 16.9 Å². The molecule has 6 nitrogen and oxygen atoms in total. The van der Waals surface area contributed by atoms with E-state index in [9.17, 15) is 13.2 Å². The molecule has 0 unspecified atom stereocenters. The first-order valence-electron chi connectivity index (χ1n) is 10.6. The number of nitrogens with one attached hydrogen (secondary N) is 1. The van der Waals surface area contributed by atoms with Crippen molar-refractivity contribution in [2.45, 2.75) is 32.4 Å². The van der Waals surface area contributed by atoms with Crippen LogP contribution in [0, 0.1) is 19.8 Å². The number of hydrogen-bond acceptors (Lipinski definition) is 4. The van der Waals surface area contributed by atoms with Crippen molar-refractivity contribution >= 4 is 39.1 Å². The third kappa shape index (κ3) is 6.16. The van der Waals surface area contributed by atoms with Gasteiger partial charge in [0.25, 0.3) is 0 Å². The van der Waals surface area contributed by atoms with Gasteiger partial charge in [-0.05, 0) is 56.0 Å². The Morgan fingerprint density at radius 3 is 2.56 bits per heavy atom. The zero-order valence-corrected chi connectivity index (χ0v) is 20.6. The Hall–Kier alpha value is -1.80. The highest BCUT2D eigenvalue weighted by atomic mass is 35.5. The maximum absolute atomic E-state index is 13.0. The van der Waals surface area contributed by atoms with E-state index in [1.165, 1.54) is 4.31 Å². The molecule has 0 spiro atoms. The van der Waals surface area contributed by atoms with Crippen molar-refractivity contribution in [3.05, 3.63) is 63.1 Å². The van der Waals surface area contributed by atoms with Crippen LogP contribution < -0.4 is 10.1 Å². The molecule has 1 N–H and O–H groups in total. The maximum atomic E-state index is 13.0. The van der Waals surface area contributed by atoms with Crippen molar-refractivity contribution in [2.24, 2.45) is 5.92 Å². The van der Waals surface area contributed by atoms with E-state index < -0.39 is 15.9 Å². The molecule has 1 heterocycles. The number of aryl methyl sites for hydroxylation is 1. The SMILES string of the molecule is Cc1cccc(OCCNC(=O)[C@@H]2CCCN(S(=O)(=O)Cc3c(Cl)cccc3Cl)C2)c1C. The number of carbonyl (C=O) groups excluding carboxylic acids is 1. The Labute approximate surface area is 199 Å². The lowest BCUT2D eigenvalue weighted by Gasteiger charge is -2.31. The van der Waals surface area contributed by atoms with Crippen molar-refractivity contribution in [3.8, 4) is 5.75 Å². The summed E-state index contributed by atoms with van der Waals surface area (Å²) in [7, 11) is -3.66. The molecular weight excluding hydrogens is 471 g/mol. The van der Waals surface area contributed by atoms with Crippen LogP contribution in [0.15, 0.2) is 36.4 Å². The van der Waals surface area contributed by atoms with E-state index in [1.54, 1.807) is 18.2 Å². The molecule has 1 saturated heterocycles. The van der Waals surface area contributed by atoms with Gasteiger partial charge in [-0.2, -0.15) is 0 Å². The summed E-state index contributed by atoms with van der Waals surface area (Å²) in [5.74, 6) is -0.0533. The quantitative estimate of drug-likeness (QED) is 0.549. The van der Waals surface area contributed by atoms with Gasteiger partial charge in [-0.15, -0.1) is 0 Å². The number of hydrogen-bond donors (Lipinski definition) is 1. The first-order valence-corrected chi connectivity index (χ1v) is 12.9. The van der Waals surface area contributed by atoms with E-state index in [0.29, 0.717) is 48.1 Å². The Morgan fingerprint density at radius 2 is 1.84 bits per heavy atom. The average molecular weight is 499 g/mol. The van der Waals surface area contributed by atoms with Crippen molar-refractivity contribution in [3.63, 3.8) is 0 Å². The highest BCUT2D eigenvalue weighted by Crippen LogP contribution is 2.29. The number of carbonyl (C=O) groups is 1. The number of halogens is 2. The molecule has 0 bridgehead atoms. The molecule has 2 aromatic carbocycles. The number of rotatable bonds is 8. The van der Waals surface area contributed by atoms with Gasteiger partial charge in [0.05, 0.1) is 18.2 Å². The Morgan fingerprint density at radius 1 is 1.16 bits per heavy atom. The molecule has 2 aromatic rings. The maximum Gasteiger partial charge on any atom is 0.224 e. The molecule has 9 heteroatoms. The summed E-state index contributed by atoms with van der Waals surface area (Å²) in [6, 6.07) is 10.8. The second-order valence-corrected chi connectivity index (χ2v) is 10.8. The summed E-state index contributed by atoms with van der Waals surface area (Å²) >= 11 is 12.3. The van der Waals surface area contributed by atoms with Gasteiger partial charge < -0.3 is 10.1 Å². The number of nitrogens with zero attached hydrogens (tertiary/aromatic N) is 1. The second kappa shape index (κ2) is 10.9. The van der Waals surface area contributed by atoms with Gasteiger partial charge in [-0.25, -0.2) is 12.7 Å². The van der Waals surface area contributed by atoms with Gasteiger partial charge in [-0.1, -0.05) is 41.4 Å². The molecule has 3 rings (SSSR count). The molecule has 0 aliphatic carbocycles. The van der Waals surface area contributed by atoms with Crippen LogP contribution in [0.4, 0.5) is 0 Å². The lowest BCUT2D eigenvalue weighted by molar-refractivity contribution is -0.126. The molecule has 1 amide bonds. The van der Waals surface area contributed by atoms with Gasteiger partial charge >= 0.3 is 0 Å². The summed E-state index contributed by atoms with van der Waals surface area (Å²) in [6.07, 6.45) is 1.26. The molecule has 0 radical (unpaired) electrons. The monoisotopic (exact) mass is 498 g/mol. The van der Waals surface area contributed by atoms with Crippen LogP contribution in [-0.2, 0) is 20.6 Å². The lowest BCUT2D eigenvalue weighted by atomic mass is 9.99. The van der Waals surface area contributed by atoms with Gasteiger partial charge in [0.15, 0.2) is 0 Å². The molecular formula is C23H28Cl2N2O4S. The van der Waals surface area contributed by atoms with Gasteiger partial charge in [0.1, 0.15) is 12.4 Å². The lowest BCUT2D eigenvalue weighted by Crippen LogP contribution is -2.46. The van der Waals surface area contributed by atoms with Crippen molar-refractivity contribution in [1.82, 2.24) is 9.62 Å². The molecule has 1 aliphatic rings. The van der Waals surface area contributed by atoms with Crippen LogP contribution in [0.1, 0.15) is 29.5 Å². The van der Waals surface area contributed by atoms with Gasteiger partial charge in [-0.3, -0.25) is 4.79 Å². The molecule has 32 heavy (non-hydrogen) atoms. The first kappa shape index (κ1) is 24.8. The fraction of sp³-hybridized carbons (Fsp3) is 0.435. The Kier molecular flexibility index (Phi) is 8.44. The Balaban J connectivity index is 1.53. The highest BCUT2D eigenvalue weighted by Gasteiger charge is 2.33. The van der Waals surface area contributed by atoms with E-state index >= 15 is 0 Å². The van der Waals surface area contributed by atoms with Crippen LogP contribution in [0.25, 0.3) is 0 Å². The van der Waals surface area contributed by atoms with Crippen LogP contribution in [0.3, 0.4) is 0 Å². The predicted octanol–water partition coefficient (Wildman–Crippen LogP) is 4.35. The zero-order valence-electron chi connectivity index (χ0n) is 18.2. The molecule has 174 valence electrons. The third-order valence-electron chi connectivity index (χ3n) is 5.75. The third-order valence-corrected chi connectivity index (χ3v) is 8.23. The van der Waals surface area contributed by atoms with Gasteiger partial charge in [0.2, 0.25) is 15.9 Å². The van der Waals surface area contributed by atoms with E-state index in [-0.39, 0.29) is 18.2 Å². The van der Waals surface area contributed by atoms with E-state index in [4.69, 9.17) is 27.9 Å². The van der Waals surface area contributed by atoms with E-state index in [1.807, 2.05) is 32.0 Å². The van der Waals surface area contributed by atoms with Crippen molar-refractivity contribution in [2.75, 3.05) is 26.2 Å². The van der Waals surface area contributed by atoms with Gasteiger partial charge in [0, 0.05) is 28.7 Å². The van der Waals surface area contributed by atoms with Crippen LogP contribution >= 0.6 is 23.2 Å². The number of sulfonamides is 1. The van der Waals surface area contributed by atoms with Crippen LogP contribution in [0.5, 0.6) is 5.75 Å². The summed E-state index contributed by atoms with van der Waals surface area (Å²) < 4.78 is 33.1. The summed E-state index contributed by atoms with van der Waals surface area (Å²) in [4.78, 5) is 12.6. The first-order chi connectivity index (χ1) is 15.2. The number of amides is 1. The zero-order chi connectivity index (χ0) is 23.3. The largest absolute Gasteiger partial charge is 0.491 e. The standard InChI is InChI=1S/C23H28Cl2N2O4S/c1-16-6-3-10-22(17(16)2)31-13-11-26-23(28)18-7-5-12-27(14-18)32(29,30)15-19-20(24)8-4-9-21(19)25/h3-4,6,8-10,18H,5,7,11-15H2,1-2H3,(H,26,28)/t18-/m1/s1. The van der Waals surface area contributed by atoms with Crippen molar-refractivity contribution in [1.29, 1.82) is 0 Å². The van der Waals surface area contributed by atoms with Crippen LogP contribution in [0.2, 0.25) is 10.0 Å². The van der Waals surface area contributed by atoms with E-state index in [2.05, 4.69) is 5.32 Å². The fourth-order valence-electron chi connectivity index (χ4n) is 3.71. The highest BCUT2D eigenvalue weighted by molar-refractivity contribution is 7.88. The molecule has 0 saturated carbocycles. The summed E-state index contributed by atoms with van der Waals surface area (Å²) in [5, 5.41) is 3.50. The minimum Gasteiger partial charge on any atom is -0.491 e.